The van der Waals surface area contributed by atoms with Crippen LogP contribution in [0.3, 0.4) is 0 Å². The molecule has 2 aromatic carbocycles. The van der Waals surface area contributed by atoms with Gasteiger partial charge in [-0.05, 0) is 54.7 Å². The second-order valence-corrected chi connectivity index (χ2v) is 7.96. The number of aliphatic hydroxyl groups is 1. The molecular weight excluding hydrogens is 354 g/mol. The van der Waals surface area contributed by atoms with E-state index in [4.69, 9.17) is 0 Å². The molecule has 6 nitrogen and oxygen atoms in total. The molecule has 0 radical (unpaired) electrons. The van der Waals surface area contributed by atoms with Crippen LogP contribution in [0.5, 0.6) is 0 Å². The summed E-state index contributed by atoms with van der Waals surface area (Å²) in [4.78, 5) is 26.6. The van der Waals surface area contributed by atoms with Crippen molar-refractivity contribution < 1.29 is 14.7 Å². The van der Waals surface area contributed by atoms with E-state index in [-0.39, 0.29) is 17.9 Å². The summed E-state index contributed by atoms with van der Waals surface area (Å²) in [5.41, 5.74) is 2.11. The zero-order chi connectivity index (χ0) is 20.3. The monoisotopic (exact) mass is 381 g/mol. The summed E-state index contributed by atoms with van der Waals surface area (Å²) < 4.78 is 0. The van der Waals surface area contributed by atoms with Crippen LogP contribution in [0.4, 0.5) is 10.5 Å². The Morgan fingerprint density at radius 3 is 2.18 bits per heavy atom. The predicted octanol–water partition coefficient (Wildman–Crippen LogP) is 3.72. The number of rotatable bonds is 5. The first-order valence-corrected chi connectivity index (χ1v) is 9.51. The second-order valence-electron chi connectivity index (χ2n) is 7.96. The van der Waals surface area contributed by atoms with E-state index in [2.05, 4.69) is 10.6 Å². The number of anilines is 1. The van der Waals surface area contributed by atoms with Gasteiger partial charge in [-0.25, -0.2) is 4.79 Å². The number of carbonyl (C=O) groups excluding carboxylic acids is 2. The average Bonchev–Trinajstić information content (AvgIpc) is 3.05. The van der Waals surface area contributed by atoms with Gasteiger partial charge in [0.1, 0.15) is 5.72 Å². The topological polar surface area (TPSA) is 81.7 Å². The summed E-state index contributed by atoms with van der Waals surface area (Å²) in [7, 11) is 0. The molecule has 2 aromatic rings. The molecule has 3 amide bonds. The molecule has 1 aliphatic heterocycles. The fourth-order valence-electron chi connectivity index (χ4n) is 3.55. The number of fused-ring (bicyclic) bond motifs is 1. The summed E-state index contributed by atoms with van der Waals surface area (Å²) >= 11 is 0. The van der Waals surface area contributed by atoms with Crippen molar-refractivity contribution in [2.24, 2.45) is 5.92 Å². The number of hydrogen-bond acceptors (Lipinski definition) is 3. The number of urea groups is 1. The first kappa shape index (κ1) is 19.9. The lowest BCUT2D eigenvalue weighted by Crippen LogP contribution is -2.46. The largest absolute Gasteiger partial charge is 0.371 e. The smallest absolute Gasteiger partial charge is 0.322 e. The summed E-state index contributed by atoms with van der Waals surface area (Å²) in [6, 6.07) is 14.5. The van der Waals surface area contributed by atoms with Crippen molar-refractivity contribution in [1.82, 2.24) is 10.2 Å². The van der Waals surface area contributed by atoms with Crippen LogP contribution in [0.2, 0.25) is 0 Å². The molecule has 3 rings (SSSR count). The number of hydrogen-bond donors (Lipinski definition) is 3. The van der Waals surface area contributed by atoms with Crippen molar-refractivity contribution in [3.05, 3.63) is 65.2 Å². The Bertz CT molecular complexity index is 835. The lowest BCUT2D eigenvalue weighted by atomic mass is 10.0. The van der Waals surface area contributed by atoms with Gasteiger partial charge >= 0.3 is 6.03 Å². The normalized spacial score (nSPS) is 15.1. The van der Waals surface area contributed by atoms with Gasteiger partial charge in [0.25, 0.3) is 5.91 Å². The molecule has 1 atom stereocenters. The maximum atomic E-state index is 12.5. The Labute approximate surface area is 165 Å². The highest BCUT2D eigenvalue weighted by Gasteiger charge is 2.25. The minimum atomic E-state index is -1.26. The van der Waals surface area contributed by atoms with Crippen LogP contribution in [0.15, 0.2) is 48.5 Å². The van der Waals surface area contributed by atoms with Gasteiger partial charge in [0.2, 0.25) is 0 Å². The zero-order valence-corrected chi connectivity index (χ0v) is 16.5. The summed E-state index contributed by atoms with van der Waals surface area (Å²) in [6.45, 7) is 6.74. The SMILES string of the molecule is CC(C)C[C@@](C)(O)NC(=O)c1ccc(NC(=O)N2Cc3ccccc3C2)cc1. The molecule has 148 valence electrons. The maximum absolute atomic E-state index is 12.5. The van der Waals surface area contributed by atoms with Crippen molar-refractivity contribution in [3.8, 4) is 0 Å². The number of carbonyl (C=O) groups is 2. The molecule has 0 spiro atoms. The van der Waals surface area contributed by atoms with E-state index in [1.807, 2.05) is 38.1 Å². The molecule has 1 aliphatic rings. The summed E-state index contributed by atoms with van der Waals surface area (Å²) in [6.07, 6.45) is 0.463. The highest BCUT2D eigenvalue weighted by molar-refractivity contribution is 5.96. The van der Waals surface area contributed by atoms with E-state index in [0.29, 0.717) is 30.8 Å². The summed E-state index contributed by atoms with van der Waals surface area (Å²) in [5.74, 6) is -0.0943. The third-order valence-corrected chi connectivity index (χ3v) is 4.71. The molecule has 28 heavy (non-hydrogen) atoms. The van der Waals surface area contributed by atoms with Crippen molar-refractivity contribution in [2.45, 2.75) is 46.0 Å². The van der Waals surface area contributed by atoms with E-state index < -0.39 is 5.72 Å². The van der Waals surface area contributed by atoms with E-state index in [1.54, 1.807) is 36.1 Å². The van der Waals surface area contributed by atoms with Crippen LogP contribution in [-0.2, 0) is 13.1 Å². The lowest BCUT2D eigenvalue weighted by molar-refractivity contribution is 0.00701. The molecule has 0 aliphatic carbocycles. The van der Waals surface area contributed by atoms with Crippen molar-refractivity contribution >= 4 is 17.6 Å². The van der Waals surface area contributed by atoms with Gasteiger partial charge in [0.05, 0.1) is 0 Å². The molecule has 6 heteroatoms. The van der Waals surface area contributed by atoms with Gasteiger partial charge in [-0.1, -0.05) is 38.1 Å². The van der Waals surface area contributed by atoms with Crippen LogP contribution >= 0.6 is 0 Å². The Morgan fingerprint density at radius 1 is 1.07 bits per heavy atom. The minimum Gasteiger partial charge on any atom is -0.371 e. The fourth-order valence-corrected chi connectivity index (χ4v) is 3.55. The van der Waals surface area contributed by atoms with Crippen molar-refractivity contribution in [3.63, 3.8) is 0 Å². The van der Waals surface area contributed by atoms with E-state index >= 15 is 0 Å². The van der Waals surface area contributed by atoms with E-state index in [9.17, 15) is 14.7 Å². The quantitative estimate of drug-likeness (QED) is 0.691. The third-order valence-electron chi connectivity index (χ3n) is 4.71. The Balaban J connectivity index is 1.57. The van der Waals surface area contributed by atoms with Gasteiger partial charge in [0.15, 0.2) is 0 Å². The Kier molecular flexibility index (Phi) is 5.70. The van der Waals surface area contributed by atoms with Gasteiger partial charge in [-0.15, -0.1) is 0 Å². The lowest BCUT2D eigenvalue weighted by Gasteiger charge is -2.26. The highest BCUT2D eigenvalue weighted by atomic mass is 16.3. The van der Waals surface area contributed by atoms with Crippen molar-refractivity contribution in [2.75, 3.05) is 5.32 Å². The number of benzene rings is 2. The summed E-state index contributed by atoms with van der Waals surface area (Å²) in [5, 5.41) is 15.8. The van der Waals surface area contributed by atoms with Crippen LogP contribution in [0.25, 0.3) is 0 Å². The molecule has 0 bridgehead atoms. The van der Waals surface area contributed by atoms with Crippen LogP contribution in [0, 0.1) is 5.92 Å². The zero-order valence-electron chi connectivity index (χ0n) is 16.5. The fraction of sp³-hybridized carbons (Fsp3) is 0.364. The highest BCUT2D eigenvalue weighted by Crippen LogP contribution is 2.23. The molecule has 0 fully saturated rings. The second kappa shape index (κ2) is 8.02. The molecule has 0 saturated carbocycles. The van der Waals surface area contributed by atoms with Gasteiger partial charge in [-0.2, -0.15) is 0 Å². The number of amides is 3. The molecule has 0 aromatic heterocycles. The van der Waals surface area contributed by atoms with Gasteiger partial charge < -0.3 is 20.6 Å². The number of nitrogens with one attached hydrogen (secondary N) is 2. The van der Waals surface area contributed by atoms with E-state index in [1.165, 1.54) is 0 Å². The standard InChI is InChI=1S/C22H27N3O3/c1-15(2)12-22(3,28)24-20(26)16-8-10-19(11-9-16)23-21(27)25-13-17-6-4-5-7-18(17)14-25/h4-11,15,28H,12-14H2,1-3H3,(H,23,27)(H,24,26)/t22-/m1/s1. The molecule has 0 saturated heterocycles. The first-order valence-electron chi connectivity index (χ1n) is 9.51. The van der Waals surface area contributed by atoms with Gasteiger partial charge in [0, 0.05) is 24.3 Å². The van der Waals surface area contributed by atoms with Crippen LogP contribution in [0.1, 0.15) is 48.7 Å². The molecule has 0 unspecified atom stereocenters. The van der Waals surface area contributed by atoms with E-state index in [0.717, 1.165) is 11.1 Å². The predicted molar refractivity (Wildman–Crippen MR) is 109 cm³/mol. The third kappa shape index (κ3) is 4.89. The van der Waals surface area contributed by atoms with Crippen LogP contribution < -0.4 is 10.6 Å². The molecule has 1 heterocycles. The molecular formula is C22H27N3O3. The van der Waals surface area contributed by atoms with Gasteiger partial charge in [-0.3, -0.25) is 4.79 Å². The Hall–Kier alpha value is -2.86. The minimum absolute atomic E-state index is 0.173. The average molecular weight is 381 g/mol. The molecule has 3 N–H and O–H groups in total. The maximum Gasteiger partial charge on any atom is 0.322 e. The first-order chi connectivity index (χ1) is 13.2. The number of nitrogens with zero attached hydrogens (tertiary/aromatic N) is 1. The van der Waals surface area contributed by atoms with Crippen molar-refractivity contribution in [1.29, 1.82) is 0 Å². The van der Waals surface area contributed by atoms with Crippen LogP contribution in [-0.4, -0.2) is 27.7 Å². The Morgan fingerprint density at radius 2 is 1.64 bits per heavy atom.